The molecule has 0 unspecified atom stereocenters. The SMILES string of the molecule is Cc1ccccc1C(=O)N1CCN(CCNc2cc(=O)oc3ccccc23)CC1. The van der Waals surface area contributed by atoms with Crippen molar-refractivity contribution >= 4 is 22.6 Å². The van der Waals surface area contributed by atoms with E-state index in [4.69, 9.17) is 4.42 Å². The van der Waals surface area contributed by atoms with Gasteiger partial charge in [-0.3, -0.25) is 9.69 Å². The van der Waals surface area contributed by atoms with Gasteiger partial charge in [0, 0.05) is 56.3 Å². The molecule has 3 aromatic rings. The molecule has 1 fully saturated rings. The van der Waals surface area contributed by atoms with Crippen LogP contribution in [-0.2, 0) is 0 Å². The lowest BCUT2D eigenvalue weighted by Crippen LogP contribution is -2.49. The molecule has 1 aromatic heterocycles. The lowest BCUT2D eigenvalue weighted by Gasteiger charge is -2.35. The van der Waals surface area contributed by atoms with Crippen molar-refractivity contribution in [1.82, 2.24) is 9.80 Å². The molecule has 2 heterocycles. The third-order valence-corrected chi connectivity index (χ3v) is 5.43. The summed E-state index contributed by atoms with van der Waals surface area (Å²) in [6.07, 6.45) is 0. The summed E-state index contributed by atoms with van der Waals surface area (Å²) in [6.45, 7) is 6.69. The van der Waals surface area contributed by atoms with Crippen molar-refractivity contribution in [3.63, 3.8) is 0 Å². The number of nitrogens with one attached hydrogen (secondary N) is 1. The van der Waals surface area contributed by atoms with Crippen LogP contribution in [0.25, 0.3) is 11.0 Å². The maximum absolute atomic E-state index is 12.7. The second-order valence-corrected chi connectivity index (χ2v) is 7.35. The Morgan fingerprint density at radius 2 is 1.76 bits per heavy atom. The number of amides is 1. The smallest absolute Gasteiger partial charge is 0.338 e. The Kier molecular flexibility index (Phi) is 5.62. The number of nitrogens with zero attached hydrogens (tertiary/aromatic N) is 2. The molecule has 1 aliphatic heterocycles. The molecule has 29 heavy (non-hydrogen) atoms. The summed E-state index contributed by atoms with van der Waals surface area (Å²) in [5, 5.41) is 4.26. The van der Waals surface area contributed by atoms with E-state index < -0.39 is 0 Å². The highest BCUT2D eigenvalue weighted by Gasteiger charge is 2.22. The average molecular weight is 391 g/mol. The summed E-state index contributed by atoms with van der Waals surface area (Å²) < 4.78 is 5.23. The standard InChI is InChI=1S/C23H25N3O3/c1-17-6-2-3-7-18(17)23(28)26-14-12-25(13-15-26)11-10-24-20-16-22(27)29-21-9-5-4-8-19(20)21/h2-9,16,24H,10-15H2,1H3. The maximum Gasteiger partial charge on any atom is 0.338 e. The molecule has 1 aliphatic rings. The van der Waals surface area contributed by atoms with Gasteiger partial charge in [-0.2, -0.15) is 0 Å². The molecular formula is C23H25N3O3. The van der Waals surface area contributed by atoms with Crippen LogP contribution in [0.3, 0.4) is 0 Å². The normalized spacial score (nSPS) is 14.9. The van der Waals surface area contributed by atoms with Gasteiger partial charge < -0.3 is 14.6 Å². The molecule has 0 radical (unpaired) electrons. The molecule has 0 spiro atoms. The van der Waals surface area contributed by atoms with E-state index in [1.54, 1.807) is 6.07 Å². The van der Waals surface area contributed by atoms with Crippen molar-refractivity contribution in [1.29, 1.82) is 0 Å². The Hall–Kier alpha value is -3.12. The van der Waals surface area contributed by atoms with Crippen LogP contribution in [0, 0.1) is 6.92 Å². The van der Waals surface area contributed by atoms with E-state index in [0.717, 1.165) is 61.5 Å². The number of aryl methyl sites for hydroxylation is 1. The first-order valence-corrected chi connectivity index (χ1v) is 9.96. The molecule has 6 heteroatoms. The summed E-state index contributed by atoms with van der Waals surface area (Å²) in [6, 6.07) is 16.8. The number of anilines is 1. The van der Waals surface area contributed by atoms with Crippen LogP contribution in [0.15, 0.2) is 63.8 Å². The minimum absolute atomic E-state index is 0.114. The van der Waals surface area contributed by atoms with Gasteiger partial charge in [0.05, 0.1) is 5.69 Å². The number of hydrogen-bond donors (Lipinski definition) is 1. The molecule has 1 amide bonds. The van der Waals surface area contributed by atoms with Gasteiger partial charge in [0.25, 0.3) is 5.91 Å². The van der Waals surface area contributed by atoms with Gasteiger partial charge in [0.15, 0.2) is 0 Å². The van der Waals surface area contributed by atoms with Crippen molar-refractivity contribution in [2.24, 2.45) is 0 Å². The molecule has 1 saturated heterocycles. The van der Waals surface area contributed by atoms with Gasteiger partial charge in [-0.05, 0) is 30.7 Å². The van der Waals surface area contributed by atoms with Gasteiger partial charge in [-0.1, -0.05) is 30.3 Å². The van der Waals surface area contributed by atoms with Crippen LogP contribution in [0.2, 0.25) is 0 Å². The summed E-state index contributed by atoms with van der Waals surface area (Å²) in [5.74, 6) is 0.114. The van der Waals surface area contributed by atoms with Gasteiger partial charge >= 0.3 is 5.63 Å². The molecule has 0 aliphatic carbocycles. The average Bonchev–Trinajstić information content (AvgIpc) is 2.74. The largest absolute Gasteiger partial charge is 0.423 e. The second kappa shape index (κ2) is 8.49. The van der Waals surface area contributed by atoms with E-state index in [9.17, 15) is 9.59 Å². The van der Waals surface area contributed by atoms with E-state index in [2.05, 4.69) is 10.2 Å². The van der Waals surface area contributed by atoms with Gasteiger partial charge in [-0.15, -0.1) is 0 Å². The Morgan fingerprint density at radius 1 is 1.03 bits per heavy atom. The zero-order valence-electron chi connectivity index (χ0n) is 16.6. The molecule has 4 rings (SSSR count). The van der Waals surface area contributed by atoms with Crippen LogP contribution in [0.1, 0.15) is 15.9 Å². The van der Waals surface area contributed by atoms with Crippen LogP contribution >= 0.6 is 0 Å². The van der Waals surface area contributed by atoms with Gasteiger partial charge in [0.1, 0.15) is 5.58 Å². The minimum Gasteiger partial charge on any atom is -0.423 e. The van der Waals surface area contributed by atoms with Crippen molar-refractivity contribution in [2.45, 2.75) is 6.92 Å². The number of rotatable bonds is 5. The molecule has 0 bridgehead atoms. The molecule has 150 valence electrons. The molecular weight excluding hydrogens is 366 g/mol. The van der Waals surface area contributed by atoms with E-state index in [0.29, 0.717) is 5.58 Å². The number of piperazine rings is 1. The Morgan fingerprint density at radius 3 is 2.55 bits per heavy atom. The predicted molar refractivity (Wildman–Crippen MR) is 114 cm³/mol. The Balaban J connectivity index is 1.30. The van der Waals surface area contributed by atoms with Crippen LogP contribution < -0.4 is 10.9 Å². The fourth-order valence-electron chi connectivity index (χ4n) is 3.76. The minimum atomic E-state index is -0.352. The maximum atomic E-state index is 12.7. The number of carbonyl (C=O) groups is 1. The molecule has 6 nitrogen and oxygen atoms in total. The van der Waals surface area contributed by atoms with Crippen molar-refractivity contribution in [3.8, 4) is 0 Å². The molecule has 0 saturated carbocycles. The number of hydrogen-bond acceptors (Lipinski definition) is 5. The summed E-state index contributed by atoms with van der Waals surface area (Å²) >= 11 is 0. The van der Waals surface area contributed by atoms with Crippen LogP contribution in [-0.4, -0.2) is 55.0 Å². The highest BCUT2D eigenvalue weighted by molar-refractivity contribution is 5.95. The fraction of sp³-hybridized carbons (Fsp3) is 0.304. The van der Waals surface area contributed by atoms with E-state index in [1.165, 1.54) is 6.07 Å². The van der Waals surface area contributed by atoms with Crippen molar-refractivity contribution in [2.75, 3.05) is 44.6 Å². The first-order chi connectivity index (χ1) is 14.1. The monoisotopic (exact) mass is 391 g/mol. The van der Waals surface area contributed by atoms with Crippen molar-refractivity contribution in [3.05, 3.63) is 76.1 Å². The predicted octanol–water partition coefficient (Wildman–Crippen LogP) is 2.97. The lowest BCUT2D eigenvalue weighted by molar-refractivity contribution is 0.0641. The van der Waals surface area contributed by atoms with E-state index in [1.807, 2.05) is 54.3 Å². The summed E-state index contributed by atoms with van der Waals surface area (Å²) in [4.78, 5) is 28.8. The van der Waals surface area contributed by atoms with Gasteiger partial charge in [-0.25, -0.2) is 4.79 Å². The first-order valence-electron chi connectivity index (χ1n) is 9.96. The molecule has 0 atom stereocenters. The van der Waals surface area contributed by atoms with Gasteiger partial charge in [0.2, 0.25) is 0 Å². The topological polar surface area (TPSA) is 65.8 Å². The highest BCUT2D eigenvalue weighted by atomic mass is 16.4. The fourth-order valence-corrected chi connectivity index (χ4v) is 3.76. The number of carbonyl (C=O) groups excluding carboxylic acids is 1. The summed E-state index contributed by atoms with van der Waals surface area (Å²) in [7, 11) is 0. The molecule has 1 N–H and O–H groups in total. The quantitative estimate of drug-likeness (QED) is 0.678. The highest BCUT2D eigenvalue weighted by Crippen LogP contribution is 2.20. The Labute approximate surface area is 169 Å². The second-order valence-electron chi connectivity index (χ2n) is 7.35. The van der Waals surface area contributed by atoms with E-state index >= 15 is 0 Å². The Bertz CT molecular complexity index is 1070. The third-order valence-electron chi connectivity index (χ3n) is 5.43. The lowest BCUT2D eigenvalue weighted by atomic mass is 10.1. The first kappa shape index (κ1) is 19.2. The van der Waals surface area contributed by atoms with Crippen LogP contribution in [0.4, 0.5) is 5.69 Å². The third kappa shape index (κ3) is 4.32. The van der Waals surface area contributed by atoms with Crippen LogP contribution in [0.5, 0.6) is 0 Å². The number of benzene rings is 2. The summed E-state index contributed by atoms with van der Waals surface area (Å²) in [5.41, 5.74) is 2.84. The van der Waals surface area contributed by atoms with Crippen molar-refractivity contribution < 1.29 is 9.21 Å². The number of fused-ring (bicyclic) bond motifs is 1. The zero-order valence-corrected chi connectivity index (χ0v) is 16.6. The number of para-hydroxylation sites is 1. The zero-order chi connectivity index (χ0) is 20.2. The molecule has 2 aromatic carbocycles. The van der Waals surface area contributed by atoms with E-state index in [-0.39, 0.29) is 11.5 Å².